The number of hydrogen-bond donors (Lipinski definition) is 2. The molecule has 0 amide bonds. The van der Waals surface area contributed by atoms with E-state index in [4.69, 9.17) is 27.9 Å². The fraction of sp³-hybridized carbons (Fsp3) is 0.0500. The number of benzene rings is 3. The van der Waals surface area contributed by atoms with Crippen LogP contribution in [0.2, 0.25) is 10.0 Å². The maximum absolute atomic E-state index is 13.0. The number of carbonyl (C=O) groups is 1. The zero-order valence-corrected chi connectivity index (χ0v) is 17.3. The molecule has 0 saturated heterocycles. The van der Waals surface area contributed by atoms with Crippen molar-refractivity contribution >= 4 is 44.9 Å². The fourth-order valence-electron chi connectivity index (χ4n) is 2.77. The topological polar surface area (TPSA) is 92.7 Å². The molecule has 0 spiro atoms. The molecule has 2 N–H and O–H groups in total. The minimum Gasteiger partial charge on any atom is -0.495 e. The molecule has 0 aliphatic heterocycles. The van der Waals surface area contributed by atoms with Crippen LogP contribution in [0, 0.1) is 0 Å². The molecule has 3 aromatic rings. The molecule has 150 valence electrons. The van der Waals surface area contributed by atoms with Gasteiger partial charge in [0, 0.05) is 5.02 Å². The lowest BCUT2D eigenvalue weighted by molar-refractivity contribution is 0.0693. The van der Waals surface area contributed by atoms with Gasteiger partial charge in [-0.3, -0.25) is 4.72 Å². The average molecular weight is 452 g/mol. The monoisotopic (exact) mass is 451 g/mol. The summed E-state index contributed by atoms with van der Waals surface area (Å²) in [7, 11) is -2.95. The van der Waals surface area contributed by atoms with E-state index in [2.05, 4.69) is 4.72 Å². The van der Waals surface area contributed by atoms with E-state index < -0.39 is 26.5 Å². The second kappa shape index (κ2) is 8.32. The van der Waals surface area contributed by atoms with Crippen molar-refractivity contribution in [1.29, 1.82) is 0 Å². The summed E-state index contributed by atoms with van der Waals surface area (Å²) in [5, 5.41) is 9.12. The molecule has 3 aromatic carbocycles. The van der Waals surface area contributed by atoms with Crippen LogP contribution < -0.4 is 9.46 Å². The smallest absolute Gasteiger partial charge is 0.338 e. The molecular formula is C20H15Cl2NO5S. The summed E-state index contributed by atoms with van der Waals surface area (Å²) in [5.74, 6) is -1.23. The van der Waals surface area contributed by atoms with Crippen molar-refractivity contribution in [2.24, 2.45) is 0 Å². The van der Waals surface area contributed by atoms with Crippen LogP contribution in [0.3, 0.4) is 0 Å². The van der Waals surface area contributed by atoms with E-state index in [1.54, 1.807) is 18.2 Å². The predicted molar refractivity (Wildman–Crippen MR) is 113 cm³/mol. The highest BCUT2D eigenvalue weighted by molar-refractivity contribution is 7.92. The highest BCUT2D eigenvalue weighted by Gasteiger charge is 2.27. The van der Waals surface area contributed by atoms with Crippen LogP contribution in [-0.2, 0) is 10.0 Å². The SMILES string of the molecule is COc1ccc(-c2ccccc2)cc1NS(=O)(=O)c1cc(Cl)cc(Cl)c1C(=O)O. The molecule has 0 aromatic heterocycles. The maximum atomic E-state index is 13.0. The first-order valence-electron chi connectivity index (χ1n) is 8.21. The van der Waals surface area contributed by atoms with Crippen molar-refractivity contribution in [3.05, 3.63) is 76.3 Å². The molecule has 29 heavy (non-hydrogen) atoms. The molecule has 0 saturated carbocycles. The Balaban J connectivity index is 2.11. The summed E-state index contributed by atoms with van der Waals surface area (Å²) in [6.45, 7) is 0. The zero-order valence-electron chi connectivity index (χ0n) is 15.0. The highest BCUT2D eigenvalue weighted by Crippen LogP contribution is 2.34. The first-order chi connectivity index (χ1) is 13.7. The zero-order chi connectivity index (χ0) is 21.2. The summed E-state index contributed by atoms with van der Waals surface area (Å²) in [6.07, 6.45) is 0. The maximum Gasteiger partial charge on any atom is 0.338 e. The van der Waals surface area contributed by atoms with Crippen molar-refractivity contribution in [1.82, 2.24) is 0 Å². The van der Waals surface area contributed by atoms with E-state index in [-0.39, 0.29) is 21.5 Å². The number of nitrogens with one attached hydrogen (secondary N) is 1. The Morgan fingerprint density at radius 2 is 1.69 bits per heavy atom. The van der Waals surface area contributed by atoms with Gasteiger partial charge in [-0.2, -0.15) is 0 Å². The summed E-state index contributed by atoms with van der Waals surface area (Å²) in [6, 6.07) is 16.5. The van der Waals surface area contributed by atoms with E-state index in [0.717, 1.165) is 17.2 Å². The van der Waals surface area contributed by atoms with Crippen LogP contribution >= 0.6 is 23.2 Å². The average Bonchev–Trinajstić information content (AvgIpc) is 2.67. The van der Waals surface area contributed by atoms with Crippen LogP contribution in [0.25, 0.3) is 11.1 Å². The van der Waals surface area contributed by atoms with Crippen LogP contribution in [-0.4, -0.2) is 26.6 Å². The second-order valence-electron chi connectivity index (χ2n) is 5.95. The molecule has 0 heterocycles. The van der Waals surface area contributed by atoms with Crippen LogP contribution in [0.15, 0.2) is 65.6 Å². The molecule has 0 unspecified atom stereocenters. The summed E-state index contributed by atoms with van der Waals surface area (Å²) >= 11 is 11.8. The molecule has 0 bridgehead atoms. The van der Waals surface area contributed by atoms with Gasteiger partial charge in [0.05, 0.1) is 23.4 Å². The van der Waals surface area contributed by atoms with E-state index in [1.807, 2.05) is 30.3 Å². The van der Waals surface area contributed by atoms with Gasteiger partial charge in [0.2, 0.25) is 0 Å². The van der Waals surface area contributed by atoms with Crippen molar-refractivity contribution in [3.8, 4) is 16.9 Å². The van der Waals surface area contributed by atoms with Crippen LogP contribution in [0.4, 0.5) is 5.69 Å². The Morgan fingerprint density at radius 1 is 1.00 bits per heavy atom. The molecule has 0 radical (unpaired) electrons. The van der Waals surface area contributed by atoms with E-state index >= 15 is 0 Å². The third-order valence-electron chi connectivity index (χ3n) is 4.07. The van der Waals surface area contributed by atoms with Crippen LogP contribution in [0.1, 0.15) is 10.4 Å². The number of hydrogen-bond acceptors (Lipinski definition) is 4. The first-order valence-corrected chi connectivity index (χ1v) is 10.5. The Kier molecular flexibility index (Phi) is 6.02. The Labute approximate surface area is 177 Å². The largest absolute Gasteiger partial charge is 0.495 e. The van der Waals surface area contributed by atoms with Gasteiger partial charge in [0.1, 0.15) is 10.6 Å². The number of carboxylic acids is 1. The van der Waals surface area contributed by atoms with E-state index in [0.29, 0.717) is 0 Å². The number of ether oxygens (including phenoxy) is 1. The quantitative estimate of drug-likeness (QED) is 0.539. The van der Waals surface area contributed by atoms with Gasteiger partial charge in [0.15, 0.2) is 0 Å². The van der Waals surface area contributed by atoms with E-state index in [9.17, 15) is 18.3 Å². The van der Waals surface area contributed by atoms with Gasteiger partial charge in [-0.15, -0.1) is 0 Å². The van der Waals surface area contributed by atoms with Crippen molar-refractivity contribution in [2.75, 3.05) is 11.8 Å². The molecular weight excluding hydrogens is 437 g/mol. The van der Waals surface area contributed by atoms with Gasteiger partial charge < -0.3 is 9.84 Å². The van der Waals surface area contributed by atoms with Crippen molar-refractivity contribution in [3.63, 3.8) is 0 Å². The predicted octanol–water partition coefficient (Wildman–Crippen LogP) is 5.17. The Bertz CT molecular complexity index is 1180. The van der Waals surface area contributed by atoms with Gasteiger partial charge in [-0.05, 0) is 35.4 Å². The second-order valence-corrected chi connectivity index (χ2v) is 8.45. The third kappa shape index (κ3) is 4.48. The van der Waals surface area contributed by atoms with Crippen molar-refractivity contribution < 1.29 is 23.1 Å². The lowest BCUT2D eigenvalue weighted by Gasteiger charge is -2.15. The number of aromatic carboxylic acids is 1. The van der Waals surface area contributed by atoms with Gasteiger partial charge >= 0.3 is 5.97 Å². The highest BCUT2D eigenvalue weighted by atomic mass is 35.5. The van der Waals surface area contributed by atoms with E-state index in [1.165, 1.54) is 13.2 Å². The number of anilines is 1. The van der Waals surface area contributed by atoms with Gasteiger partial charge in [-0.1, -0.05) is 59.6 Å². The number of sulfonamides is 1. The number of carboxylic acid groups (broad SMARTS) is 1. The Morgan fingerprint density at radius 3 is 2.31 bits per heavy atom. The minimum absolute atomic E-state index is 0.00891. The molecule has 0 atom stereocenters. The fourth-order valence-corrected chi connectivity index (χ4v) is 4.77. The first kappa shape index (κ1) is 21.0. The summed E-state index contributed by atoms with van der Waals surface area (Å²) in [5.41, 5.74) is 1.18. The normalized spacial score (nSPS) is 11.1. The molecule has 0 aliphatic carbocycles. The van der Waals surface area contributed by atoms with Crippen molar-refractivity contribution in [2.45, 2.75) is 4.90 Å². The lowest BCUT2D eigenvalue weighted by atomic mass is 10.1. The summed E-state index contributed by atoms with van der Waals surface area (Å²) < 4.78 is 33.6. The van der Waals surface area contributed by atoms with Gasteiger partial charge in [0.25, 0.3) is 10.0 Å². The number of methoxy groups -OCH3 is 1. The molecule has 6 nitrogen and oxygen atoms in total. The Hall–Kier alpha value is -2.74. The van der Waals surface area contributed by atoms with Crippen LogP contribution in [0.5, 0.6) is 5.75 Å². The van der Waals surface area contributed by atoms with Gasteiger partial charge in [-0.25, -0.2) is 13.2 Å². The standard InChI is InChI=1S/C20H15Cl2NO5S/c1-28-17-8-7-13(12-5-3-2-4-6-12)9-16(17)23-29(26,27)18-11-14(21)10-15(22)19(18)20(24)25/h2-11,23H,1H3,(H,24,25). The molecule has 0 aliphatic rings. The lowest BCUT2D eigenvalue weighted by Crippen LogP contribution is -2.18. The minimum atomic E-state index is -4.35. The summed E-state index contributed by atoms with van der Waals surface area (Å²) in [4.78, 5) is 11.0. The number of halogens is 2. The molecule has 0 fully saturated rings. The molecule has 9 heteroatoms. The third-order valence-corrected chi connectivity index (χ3v) is 5.98. The number of rotatable bonds is 6. The molecule has 3 rings (SSSR count).